The summed E-state index contributed by atoms with van der Waals surface area (Å²) in [5, 5.41) is 6.18. The van der Waals surface area contributed by atoms with Crippen molar-refractivity contribution in [1.82, 2.24) is 20.2 Å². The van der Waals surface area contributed by atoms with Gasteiger partial charge in [-0.1, -0.05) is 26.0 Å². The predicted octanol–water partition coefficient (Wildman–Crippen LogP) is 1.44. The Balaban J connectivity index is 1.81. The molecule has 2 rings (SSSR count). The first-order valence-electron chi connectivity index (χ1n) is 6.98. The molecule has 5 heteroatoms. The van der Waals surface area contributed by atoms with Crippen LogP contribution in [0.25, 0.3) is 11.0 Å². The van der Waals surface area contributed by atoms with E-state index in [0.717, 1.165) is 23.4 Å². The van der Waals surface area contributed by atoms with Gasteiger partial charge in [0.25, 0.3) is 0 Å². The van der Waals surface area contributed by atoms with E-state index in [0.29, 0.717) is 13.1 Å². The molecule has 0 aliphatic carbocycles. The smallest absolute Gasteiger partial charge is 0.222 e. The van der Waals surface area contributed by atoms with Crippen LogP contribution < -0.4 is 10.6 Å². The van der Waals surface area contributed by atoms with E-state index in [1.807, 2.05) is 39.1 Å². The minimum absolute atomic E-state index is 0.0369. The van der Waals surface area contributed by atoms with E-state index >= 15 is 0 Å². The zero-order valence-electron chi connectivity index (χ0n) is 12.3. The molecular formula is C15H22N4O. The summed E-state index contributed by atoms with van der Waals surface area (Å²) in [5.74, 6) is 1.13. The molecule has 1 aromatic carbocycles. The van der Waals surface area contributed by atoms with Crippen LogP contribution in [0.15, 0.2) is 24.3 Å². The minimum atomic E-state index is 0.0369. The number of aromatic nitrogens is 2. The van der Waals surface area contributed by atoms with Gasteiger partial charge in [0.1, 0.15) is 5.82 Å². The van der Waals surface area contributed by atoms with Crippen LogP contribution in [0.5, 0.6) is 0 Å². The first-order valence-corrected chi connectivity index (χ1v) is 6.98. The van der Waals surface area contributed by atoms with E-state index in [1.165, 1.54) is 0 Å². The zero-order valence-corrected chi connectivity index (χ0v) is 12.3. The molecule has 0 spiro atoms. The van der Waals surface area contributed by atoms with Gasteiger partial charge in [0.2, 0.25) is 5.91 Å². The summed E-state index contributed by atoms with van der Waals surface area (Å²) in [7, 11) is 2.02. The molecule has 0 aliphatic rings. The molecule has 1 heterocycles. The van der Waals surface area contributed by atoms with Crippen molar-refractivity contribution in [2.45, 2.75) is 20.4 Å². The highest BCUT2D eigenvalue weighted by Gasteiger charge is 2.07. The quantitative estimate of drug-likeness (QED) is 0.784. The molecule has 0 saturated heterocycles. The van der Waals surface area contributed by atoms with Crippen molar-refractivity contribution < 1.29 is 4.79 Å². The Morgan fingerprint density at radius 3 is 2.75 bits per heavy atom. The van der Waals surface area contributed by atoms with Crippen LogP contribution >= 0.6 is 0 Å². The number of carbonyl (C=O) groups excluding carboxylic acids is 1. The van der Waals surface area contributed by atoms with Crippen LogP contribution in [0, 0.1) is 5.92 Å². The second-order valence-electron chi connectivity index (χ2n) is 5.20. The molecule has 0 fully saturated rings. The summed E-state index contributed by atoms with van der Waals surface area (Å²) >= 11 is 0. The number of nitrogens with one attached hydrogen (secondary N) is 2. The van der Waals surface area contributed by atoms with Crippen LogP contribution in [-0.4, -0.2) is 28.5 Å². The first-order chi connectivity index (χ1) is 9.59. The normalized spacial score (nSPS) is 11.2. The third-order valence-electron chi connectivity index (χ3n) is 3.29. The second kappa shape index (κ2) is 6.52. The Hall–Kier alpha value is -1.88. The van der Waals surface area contributed by atoms with E-state index in [-0.39, 0.29) is 11.8 Å². The SMILES string of the molecule is CC(C)C(=O)NCCNCc1nc2ccccc2n1C. The Kier molecular flexibility index (Phi) is 4.74. The average Bonchev–Trinajstić information content (AvgIpc) is 2.75. The van der Waals surface area contributed by atoms with Crippen LogP contribution in [0.2, 0.25) is 0 Å². The molecule has 20 heavy (non-hydrogen) atoms. The van der Waals surface area contributed by atoms with Crippen molar-refractivity contribution in [3.05, 3.63) is 30.1 Å². The highest BCUT2D eigenvalue weighted by molar-refractivity contribution is 5.77. The lowest BCUT2D eigenvalue weighted by molar-refractivity contribution is -0.123. The van der Waals surface area contributed by atoms with Crippen LogP contribution in [0.1, 0.15) is 19.7 Å². The molecule has 0 radical (unpaired) electrons. The lowest BCUT2D eigenvalue weighted by atomic mass is 10.2. The highest BCUT2D eigenvalue weighted by atomic mass is 16.1. The largest absolute Gasteiger partial charge is 0.355 e. The molecular weight excluding hydrogens is 252 g/mol. The van der Waals surface area contributed by atoms with Crippen molar-refractivity contribution in [1.29, 1.82) is 0 Å². The first kappa shape index (κ1) is 14.5. The molecule has 0 aliphatic heterocycles. The number of imidazole rings is 1. The Morgan fingerprint density at radius 2 is 2.05 bits per heavy atom. The van der Waals surface area contributed by atoms with Crippen molar-refractivity contribution in [3.8, 4) is 0 Å². The molecule has 0 saturated carbocycles. The summed E-state index contributed by atoms with van der Waals surface area (Å²) in [6.45, 7) is 5.86. The summed E-state index contributed by atoms with van der Waals surface area (Å²) in [6.07, 6.45) is 0. The number of para-hydroxylation sites is 2. The van der Waals surface area contributed by atoms with E-state index < -0.39 is 0 Å². The molecule has 0 atom stereocenters. The van der Waals surface area contributed by atoms with E-state index in [4.69, 9.17) is 0 Å². The van der Waals surface area contributed by atoms with Gasteiger partial charge in [-0.25, -0.2) is 4.98 Å². The topological polar surface area (TPSA) is 59.0 Å². The number of hydrogen-bond donors (Lipinski definition) is 2. The third-order valence-corrected chi connectivity index (χ3v) is 3.29. The maximum atomic E-state index is 11.4. The predicted molar refractivity (Wildman–Crippen MR) is 80.3 cm³/mol. The maximum Gasteiger partial charge on any atom is 0.222 e. The van der Waals surface area contributed by atoms with Gasteiger partial charge in [0, 0.05) is 26.1 Å². The van der Waals surface area contributed by atoms with Gasteiger partial charge < -0.3 is 15.2 Å². The zero-order chi connectivity index (χ0) is 14.5. The van der Waals surface area contributed by atoms with Gasteiger partial charge in [-0.05, 0) is 12.1 Å². The molecule has 1 amide bonds. The van der Waals surface area contributed by atoms with Gasteiger partial charge in [-0.15, -0.1) is 0 Å². The van der Waals surface area contributed by atoms with Crippen molar-refractivity contribution in [2.75, 3.05) is 13.1 Å². The number of hydrogen-bond acceptors (Lipinski definition) is 3. The van der Waals surface area contributed by atoms with Gasteiger partial charge in [-0.2, -0.15) is 0 Å². The second-order valence-corrected chi connectivity index (χ2v) is 5.20. The standard InChI is InChI=1S/C15H22N4O/c1-11(2)15(20)17-9-8-16-10-14-18-12-6-4-5-7-13(12)19(14)3/h4-7,11,16H,8-10H2,1-3H3,(H,17,20). The molecule has 108 valence electrons. The van der Waals surface area contributed by atoms with Gasteiger partial charge >= 0.3 is 0 Å². The van der Waals surface area contributed by atoms with Crippen molar-refractivity contribution >= 4 is 16.9 Å². The van der Waals surface area contributed by atoms with Crippen LogP contribution in [0.3, 0.4) is 0 Å². The molecule has 2 N–H and O–H groups in total. The number of fused-ring (bicyclic) bond motifs is 1. The average molecular weight is 274 g/mol. The fourth-order valence-corrected chi connectivity index (χ4v) is 2.03. The fourth-order valence-electron chi connectivity index (χ4n) is 2.03. The Labute approximate surface area is 119 Å². The Morgan fingerprint density at radius 1 is 1.30 bits per heavy atom. The summed E-state index contributed by atoms with van der Waals surface area (Å²) in [6, 6.07) is 8.09. The maximum absolute atomic E-state index is 11.4. The number of amides is 1. The molecule has 0 bridgehead atoms. The lowest BCUT2D eigenvalue weighted by Crippen LogP contribution is -2.34. The monoisotopic (exact) mass is 274 g/mol. The van der Waals surface area contributed by atoms with Crippen LogP contribution in [-0.2, 0) is 18.4 Å². The molecule has 1 aromatic heterocycles. The number of carbonyl (C=O) groups is 1. The third kappa shape index (κ3) is 3.36. The molecule has 2 aromatic rings. The Bertz CT molecular complexity index is 589. The van der Waals surface area contributed by atoms with Crippen molar-refractivity contribution in [3.63, 3.8) is 0 Å². The van der Waals surface area contributed by atoms with E-state index in [9.17, 15) is 4.79 Å². The lowest BCUT2D eigenvalue weighted by Gasteiger charge is -2.08. The number of aryl methyl sites for hydroxylation is 1. The fraction of sp³-hybridized carbons (Fsp3) is 0.467. The number of rotatable bonds is 6. The molecule has 5 nitrogen and oxygen atoms in total. The van der Waals surface area contributed by atoms with Crippen molar-refractivity contribution in [2.24, 2.45) is 13.0 Å². The highest BCUT2D eigenvalue weighted by Crippen LogP contribution is 2.13. The number of nitrogens with zero attached hydrogens (tertiary/aromatic N) is 2. The van der Waals surface area contributed by atoms with E-state index in [2.05, 4.69) is 26.3 Å². The minimum Gasteiger partial charge on any atom is -0.355 e. The van der Waals surface area contributed by atoms with Gasteiger partial charge in [-0.3, -0.25) is 4.79 Å². The summed E-state index contributed by atoms with van der Waals surface area (Å²) in [5.41, 5.74) is 2.15. The van der Waals surface area contributed by atoms with Gasteiger partial charge in [0.05, 0.1) is 17.6 Å². The summed E-state index contributed by atoms with van der Waals surface area (Å²) in [4.78, 5) is 16.0. The van der Waals surface area contributed by atoms with Gasteiger partial charge in [0.15, 0.2) is 0 Å². The van der Waals surface area contributed by atoms with Crippen LogP contribution in [0.4, 0.5) is 0 Å². The molecule has 0 unspecified atom stereocenters. The van der Waals surface area contributed by atoms with E-state index in [1.54, 1.807) is 0 Å². The summed E-state index contributed by atoms with van der Waals surface area (Å²) < 4.78 is 2.09. The number of benzene rings is 1.